The number of carbonyl (C=O) groups excluding carboxylic acids is 1. The lowest BCUT2D eigenvalue weighted by Gasteiger charge is -2.52. The monoisotopic (exact) mass is 339 g/mol. The Hall–Kier alpha value is -2.14. The van der Waals surface area contributed by atoms with Gasteiger partial charge in [0.25, 0.3) is 5.91 Å². The summed E-state index contributed by atoms with van der Waals surface area (Å²) < 4.78 is 1.78. The normalized spacial score (nSPS) is 29.3. The summed E-state index contributed by atoms with van der Waals surface area (Å²) in [6.45, 7) is 0.580. The maximum atomic E-state index is 13.1. The van der Waals surface area contributed by atoms with Crippen LogP contribution in [0.2, 0.25) is 0 Å². The second-order valence-electron chi connectivity index (χ2n) is 7.39. The summed E-state index contributed by atoms with van der Waals surface area (Å²) in [6, 6.07) is 10.1. The number of imidazole rings is 1. The van der Waals surface area contributed by atoms with Gasteiger partial charge >= 0.3 is 0 Å². The van der Waals surface area contributed by atoms with Gasteiger partial charge in [0, 0.05) is 25.6 Å². The molecule has 1 saturated heterocycles. The molecule has 5 nitrogen and oxygen atoms in total. The van der Waals surface area contributed by atoms with Crippen LogP contribution in [0.4, 0.5) is 0 Å². The van der Waals surface area contributed by atoms with Crippen molar-refractivity contribution in [3.05, 3.63) is 54.1 Å². The Morgan fingerprint density at radius 1 is 1.24 bits per heavy atom. The van der Waals surface area contributed by atoms with Gasteiger partial charge in [0.05, 0.1) is 18.1 Å². The number of piperidine rings is 1. The molecule has 1 saturated carbocycles. The van der Waals surface area contributed by atoms with Crippen LogP contribution in [0.15, 0.2) is 42.9 Å². The molecule has 0 radical (unpaired) electrons. The fraction of sp³-hybridized carbons (Fsp3) is 0.500. The highest BCUT2D eigenvalue weighted by Crippen LogP contribution is 2.47. The highest BCUT2D eigenvalue weighted by Gasteiger charge is 2.50. The fourth-order valence-corrected chi connectivity index (χ4v) is 4.73. The molecule has 0 bridgehead atoms. The summed E-state index contributed by atoms with van der Waals surface area (Å²) in [5.41, 5.74) is 0.768. The van der Waals surface area contributed by atoms with Crippen LogP contribution in [0.1, 0.15) is 48.2 Å². The first-order valence-corrected chi connectivity index (χ1v) is 9.16. The Morgan fingerprint density at radius 2 is 2.00 bits per heavy atom. The molecule has 25 heavy (non-hydrogen) atoms. The molecule has 5 heteroatoms. The predicted molar refractivity (Wildman–Crippen MR) is 94.9 cm³/mol. The van der Waals surface area contributed by atoms with E-state index in [-0.39, 0.29) is 17.9 Å². The zero-order valence-electron chi connectivity index (χ0n) is 14.6. The molecule has 2 aliphatic rings. The van der Waals surface area contributed by atoms with Crippen LogP contribution >= 0.6 is 0 Å². The van der Waals surface area contributed by atoms with E-state index >= 15 is 0 Å². The molecule has 132 valence electrons. The summed E-state index contributed by atoms with van der Waals surface area (Å²) in [4.78, 5) is 19.1. The third-order valence-corrected chi connectivity index (χ3v) is 6.05. The lowest BCUT2D eigenvalue weighted by molar-refractivity contribution is -0.110. The molecular formula is C20H25N3O2. The van der Waals surface area contributed by atoms with Gasteiger partial charge in [-0.15, -0.1) is 0 Å². The molecule has 2 fully saturated rings. The highest BCUT2D eigenvalue weighted by molar-refractivity contribution is 5.92. The van der Waals surface area contributed by atoms with E-state index in [1.165, 1.54) is 0 Å². The lowest BCUT2D eigenvalue weighted by Crippen LogP contribution is -2.59. The van der Waals surface area contributed by atoms with Gasteiger partial charge in [-0.25, -0.2) is 4.98 Å². The topological polar surface area (TPSA) is 58.4 Å². The Labute approximate surface area is 148 Å². The van der Waals surface area contributed by atoms with Crippen molar-refractivity contribution in [2.75, 3.05) is 6.54 Å². The molecule has 3 atom stereocenters. The molecular weight excluding hydrogens is 314 g/mol. The third kappa shape index (κ3) is 2.67. The number of hydrogen-bond acceptors (Lipinski definition) is 3. The lowest BCUT2D eigenvalue weighted by atomic mass is 9.66. The molecule has 1 unspecified atom stereocenters. The first-order chi connectivity index (χ1) is 12.1. The van der Waals surface area contributed by atoms with Crippen LogP contribution in [0.25, 0.3) is 0 Å². The van der Waals surface area contributed by atoms with Crippen LogP contribution in [-0.2, 0) is 12.6 Å². The number of benzene rings is 1. The number of aryl methyl sites for hydroxylation is 1. The average Bonchev–Trinajstić information content (AvgIpc) is 3.08. The minimum Gasteiger partial charge on any atom is -0.385 e. The van der Waals surface area contributed by atoms with E-state index in [2.05, 4.69) is 4.98 Å². The molecule has 1 amide bonds. The van der Waals surface area contributed by atoms with E-state index < -0.39 is 5.60 Å². The quantitative estimate of drug-likeness (QED) is 0.915. The summed E-state index contributed by atoms with van der Waals surface area (Å²) >= 11 is 0. The number of likely N-dealkylation sites (tertiary alicyclic amines) is 1. The van der Waals surface area contributed by atoms with Gasteiger partial charge in [0.1, 0.15) is 5.69 Å². The largest absolute Gasteiger partial charge is 0.385 e. The molecule has 0 spiro atoms. The summed E-state index contributed by atoms with van der Waals surface area (Å²) in [5, 5.41) is 11.6. The van der Waals surface area contributed by atoms with E-state index in [0.29, 0.717) is 18.7 Å². The molecule has 1 aliphatic heterocycles. The Balaban J connectivity index is 1.67. The van der Waals surface area contributed by atoms with Crippen LogP contribution in [-0.4, -0.2) is 38.1 Å². The highest BCUT2D eigenvalue weighted by atomic mass is 16.3. The maximum Gasteiger partial charge on any atom is 0.272 e. The minimum atomic E-state index is -0.838. The van der Waals surface area contributed by atoms with Crippen LogP contribution < -0.4 is 0 Å². The Kier molecular flexibility index (Phi) is 4.12. The van der Waals surface area contributed by atoms with Crippen LogP contribution in [0.3, 0.4) is 0 Å². The zero-order valence-corrected chi connectivity index (χ0v) is 14.6. The third-order valence-electron chi connectivity index (χ3n) is 6.05. The van der Waals surface area contributed by atoms with Crippen LogP contribution in [0, 0.1) is 5.92 Å². The van der Waals surface area contributed by atoms with Gasteiger partial charge in [-0.05, 0) is 24.8 Å². The van der Waals surface area contributed by atoms with Crippen molar-refractivity contribution in [3.63, 3.8) is 0 Å². The van der Waals surface area contributed by atoms with E-state index in [4.69, 9.17) is 0 Å². The van der Waals surface area contributed by atoms with Gasteiger partial charge < -0.3 is 14.6 Å². The Morgan fingerprint density at radius 3 is 2.72 bits per heavy atom. The van der Waals surface area contributed by atoms with E-state index in [1.807, 2.05) is 42.3 Å². The van der Waals surface area contributed by atoms with Crippen molar-refractivity contribution in [1.82, 2.24) is 14.5 Å². The zero-order chi connectivity index (χ0) is 17.4. The van der Waals surface area contributed by atoms with Crippen molar-refractivity contribution in [3.8, 4) is 0 Å². The van der Waals surface area contributed by atoms with Crippen molar-refractivity contribution < 1.29 is 9.90 Å². The van der Waals surface area contributed by atoms with Crippen LogP contribution in [0.5, 0.6) is 0 Å². The summed E-state index contributed by atoms with van der Waals surface area (Å²) in [7, 11) is 1.85. The number of aliphatic hydroxyl groups is 1. The smallest absolute Gasteiger partial charge is 0.272 e. The first kappa shape index (κ1) is 16.3. The summed E-state index contributed by atoms with van der Waals surface area (Å²) in [5.74, 6) is 0.126. The second kappa shape index (κ2) is 6.30. The van der Waals surface area contributed by atoms with Crippen molar-refractivity contribution in [2.24, 2.45) is 13.0 Å². The Bertz CT molecular complexity index is 757. The standard InChI is InChI=1S/C20H25N3O2/c1-22-14-21-13-18(22)19(24)23-12-11-20(25,15-7-3-2-4-8-15)16-9-5-6-10-17(16)23/h2-4,7-8,13-14,16-17,25H,5-6,9-12H2,1H3/t16-,17+,20?/m1/s1. The molecule has 4 rings (SSSR count). The SMILES string of the molecule is Cn1cncc1C(=O)N1CCC(O)(c2ccccc2)[C@@H]2CCCC[C@@H]21. The summed E-state index contributed by atoms with van der Waals surface area (Å²) in [6.07, 6.45) is 8.04. The van der Waals surface area contributed by atoms with Crippen molar-refractivity contribution in [2.45, 2.75) is 43.7 Å². The number of nitrogens with zero attached hydrogens (tertiary/aromatic N) is 3. The van der Waals surface area contributed by atoms with Crippen molar-refractivity contribution >= 4 is 5.91 Å². The number of amides is 1. The average molecular weight is 339 g/mol. The number of fused-ring (bicyclic) bond motifs is 1. The van der Waals surface area contributed by atoms with Gasteiger partial charge in [-0.2, -0.15) is 0 Å². The van der Waals surface area contributed by atoms with Gasteiger partial charge in [-0.3, -0.25) is 4.79 Å². The van der Waals surface area contributed by atoms with Gasteiger partial charge in [0.2, 0.25) is 0 Å². The van der Waals surface area contributed by atoms with Crippen molar-refractivity contribution in [1.29, 1.82) is 0 Å². The molecule has 1 N–H and O–H groups in total. The van der Waals surface area contributed by atoms with Gasteiger partial charge in [0.15, 0.2) is 0 Å². The van der Waals surface area contributed by atoms with E-state index in [0.717, 1.165) is 31.2 Å². The van der Waals surface area contributed by atoms with E-state index in [1.54, 1.807) is 17.1 Å². The number of hydrogen-bond donors (Lipinski definition) is 1. The predicted octanol–water partition coefficient (Wildman–Crippen LogP) is 2.71. The molecule has 1 aromatic carbocycles. The second-order valence-corrected chi connectivity index (χ2v) is 7.39. The molecule has 2 heterocycles. The molecule has 1 aromatic heterocycles. The maximum absolute atomic E-state index is 13.1. The number of aromatic nitrogens is 2. The number of rotatable bonds is 2. The molecule has 2 aromatic rings. The number of carbonyl (C=O) groups is 1. The first-order valence-electron chi connectivity index (χ1n) is 9.16. The van der Waals surface area contributed by atoms with E-state index in [9.17, 15) is 9.90 Å². The van der Waals surface area contributed by atoms with Gasteiger partial charge in [-0.1, -0.05) is 43.2 Å². The minimum absolute atomic E-state index is 0.0343. The fourth-order valence-electron chi connectivity index (χ4n) is 4.73. The molecule has 1 aliphatic carbocycles.